The average molecular weight is 226 g/mol. The van der Waals surface area contributed by atoms with Gasteiger partial charge in [-0.05, 0) is 25.3 Å². The van der Waals surface area contributed by atoms with E-state index in [9.17, 15) is 10.2 Å². The fourth-order valence-corrected chi connectivity index (χ4v) is 1.89. The number of nitrogens with zero attached hydrogens (tertiary/aromatic N) is 2. The van der Waals surface area contributed by atoms with Gasteiger partial charge in [0.15, 0.2) is 0 Å². The quantitative estimate of drug-likeness (QED) is 0.778. The molecular formula is C12H22N2O2. The first-order valence-electron chi connectivity index (χ1n) is 6.01. The molecule has 0 aliphatic carbocycles. The highest BCUT2D eigenvalue weighted by Crippen LogP contribution is 2.31. The van der Waals surface area contributed by atoms with E-state index in [2.05, 4.69) is 12.0 Å². The molecule has 0 aromatic carbocycles. The monoisotopic (exact) mass is 226 g/mol. The maximum atomic E-state index is 10.3. The van der Waals surface area contributed by atoms with Crippen LogP contribution in [-0.2, 0) is 6.54 Å². The summed E-state index contributed by atoms with van der Waals surface area (Å²) in [5, 5.41) is 24.7. The third kappa shape index (κ3) is 2.44. The molecule has 0 saturated heterocycles. The molecule has 2 N–H and O–H groups in total. The van der Waals surface area contributed by atoms with Crippen molar-refractivity contribution in [3.8, 4) is 0 Å². The van der Waals surface area contributed by atoms with E-state index < -0.39 is 11.7 Å². The SMILES string of the molecule is CCCn1nccc1C(O)C(O)(CC)CC. The lowest BCUT2D eigenvalue weighted by Gasteiger charge is -2.31. The molecule has 0 aliphatic rings. The highest BCUT2D eigenvalue weighted by atomic mass is 16.3. The van der Waals surface area contributed by atoms with Gasteiger partial charge in [-0.25, -0.2) is 0 Å². The van der Waals surface area contributed by atoms with Crippen molar-refractivity contribution in [3.05, 3.63) is 18.0 Å². The Morgan fingerprint density at radius 3 is 2.50 bits per heavy atom. The van der Waals surface area contributed by atoms with Crippen LogP contribution in [0.1, 0.15) is 51.8 Å². The van der Waals surface area contributed by atoms with Gasteiger partial charge in [-0.15, -0.1) is 0 Å². The van der Waals surface area contributed by atoms with Gasteiger partial charge in [-0.3, -0.25) is 4.68 Å². The van der Waals surface area contributed by atoms with Crippen LogP contribution in [0.3, 0.4) is 0 Å². The van der Waals surface area contributed by atoms with Crippen molar-refractivity contribution in [2.75, 3.05) is 0 Å². The first kappa shape index (κ1) is 13.2. The predicted molar refractivity (Wildman–Crippen MR) is 63.0 cm³/mol. The second-order valence-corrected chi connectivity index (χ2v) is 4.19. The number of aryl methyl sites for hydroxylation is 1. The largest absolute Gasteiger partial charge is 0.387 e. The Hall–Kier alpha value is -0.870. The second-order valence-electron chi connectivity index (χ2n) is 4.19. The van der Waals surface area contributed by atoms with Gasteiger partial charge in [-0.1, -0.05) is 20.8 Å². The van der Waals surface area contributed by atoms with Crippen molar-refractivity contribution >= 4 is 0 Å². The smallest absolute Gasteiger partial charge is 0.124 e. The summed E-state index contributed by atoms with van der Waals surface area (Å²) in [6.07, 6.45) is 2.82. The summed E-state index contributed by atoms with van der Waals surface area (Å²) in [4.78, 5) is 0. The van der Waals surface area contributed by atoms with Crippen molar-refractivity contribution in [1.82, 2.24) is 9.78 Å². The summed E-state index contributed by atoms with van der Waals surface area (Å²) in [6, 6.07) is 1.77. The molecule has 1 atom stereocenters. The molecule has 1 aromatic heterocycles. The Morgan fingerprint density at radius 1 is 1.38 bits per heavy atom. The Kier molecular flexibility index (Phi) is 4.50. The van der Waals surface area contributed by atoms with Gasteiger partial charge in [-0.2, -0.15) is 5.10 Å². The first-order chi connectivity index (χ1) is 7.59. The van der Waals surface area contributed by atoms with E-state index in [-0.39, 0.29) is 0 Å². The van der Waals surface area contributed by atoms with E-state index in [0.29, 0.717) is 18.5 Å². The van der Waals surface area contributed by atoms with Crippen molar-refractivity contribution in [3.63, 3.8) is 0 Å². The number of aliphatic hydroxyl groups is 2. The Morgan fingerprint density at radius 2 is 2.00 bits per heavy atom. The van der Waals surface area contributed by atoms with Gasteiger partial charge in [0.25, 0.3) is 0 Å². The van der Waals surface area contributed by atoms with E-state index in [1.54, 1.807) is 16.9 Å². The van der Waals surface area contributed by atoms with Gasteiger partial charge in [0, 0.05) is 12.7 Å². The fourth-order valence-electron chi connectivity index (χ4n) is 1.89. The lowest BCUT2D eigenvalue weighted by Crippen LogP contribution is -2.36. The fraction of sp³-hybridized carbons (Fsp3) is 0.750. The third-order valence-electron chi connectivity index (χ3n) is 3.20. The first-order valence-corrected chi connectivity index (χ1v) is 6.01. The molecule has 0 amide bonds. The molecule has 92 valence electrons. The van der Waals surface area contributed by atoms with E-state index in [1.165, 1.54) is 0 Å². The molecule has 0 fully saturated rings. The van der Waals surface area contributed by atoms with Crippen molar-refractivity contribution in [2.45, 2.75) is 58.3 Å². The van der Waals surface area contributed by atoms with Crippen molar-refractivity contribution in [1.29, 1.82) is 0 Å². The molecular weight excluding hydrogens is 204 g/mol. The average Bonchev–Trinajstić information content (AvgIpc) is 2.75. The third-order valence-corrected chi connectivity index (χ3v) is 3.20. The van der Waals surface area contributed by atoms with Gasteiger partial charge in [0.1, 0.15) is 6.10 Å². The van der Waals surface area contributed by atoms with E-state index in [1.807, 2.05) is 13.8 Å². The summed E-state index contributed by atoms with van der Waals surface area (Å²) < 4.78 is 1.76. The molecule has 1 rings (SSSR count). The highest BCUT2D eigenvalue weighted by Gasteiger charge is 2.34. The zero-order chi connectivity index (χ0) is 12.2. The molecule has 0 radical (unpaired) electrons. The zero-order valence-corrected chi connectivity index (χ0v) is 10.3. The van der Waals surface area contributed by atoms with Crippen LogP contribution in [0, 0.1) is 0 Å². The van der Waals surface area contributed by atoms with Crippen LogP contribution >= 0.6 is 0 Å². The van der Waals surface area contributed by atoms with E-state index >= 15 is 0 Å². The normalized spacial score (nSPS) is 14.1. The molecule has 16 heavy (non-hydrogen) atoms. The molecule has 0 spiro atoms. The van der Waals surface area contributed by atoms with Crippen LogP contribution < -0.4 is 0 Å². The summed E-state index contributed by atoms with van der Waals surface area (Å²) in [5.74, 6) is 0. The van der Waals surface area contributed by atoms with Crippen LogP contribution in [-0.4, -0.2) is 25.6 Å². The van der Waals surface area contributed by atoms with Gasteiger partial charge in [0.2, 0.25) is 0 Å². The second kappa shape index (κ2) is 5.46. The lowest BCUT2D eigenvalue weighted by atomic mass is 9.89. The van der Waals surface area contributed by atoms with Gasteiger partial charge in [0.05, 0.1) is 11.3 Å². The molecule has 4 nitrogen and oxygen atoms in total. The molecule has 1 unspecified atom stereocenters. The van der Waals surface area contributed by atoms with Gasteiger partial charge >= 0.3 is 0 Å². The van der Waals surface area contributed by atoms with Crippen LogP contribution in [0.15, 0.2) is 12.3 Å². The van der Waals surface area contributed by atoms with Gasteiger partial charge < -0.3 is 10.2 Å². The van der Waals surface area contributed by atoms with Crippen LogP contribution in [0.5, 0.6) is 0 Å². The maximum Gasteiger partial charge on any atom is 0.124 e. The predicted octanol–water partition coefficient (Wildman–Crippen LogP) is 1.88. The Bertz CT molecular complexity index is 319. The Labute approximate surface area is 96.9 Å². The van der Waals surface area contributed by atoms with Crippen molar-refractivity contribution < 1.29 is 10.2 Å². The molecule has 0 bridgehead atoms. The van der Waals surface area contributed by atoms with E-state index in [4.69, 9.17) is 0 Å². The summed E-state index contributed by atoms with van der Waals surface area (Å²) in [5.41, 5.74) is -0.348. The molecule has 1 aromatic rings. The minimum Gasteiger partial charge on any atom is -0.387 e. The number of rotatable bonds is 6. The van der Waals surface area contributed by atoms with E-state index in [0.717, 1.165) is 13.0 Å². The maximum absolute atomic E-state index is 10.3. The standard InChI is InChI=1S/C12H22N2O2/c1-4-9-14-10(7-8-13-14)11(15)12(16,5-2)6-3/h7-8,11,15-16H,4-6,9H2,1-3H3. The Balaban J connectivity index is 2.94. The van der Waals surface area contributed by atoms with Crippen LogP contribution in [0.2, 0.25) is 0 Å². The summed E-state index contributed by atoms with van der Waals surface area (Å²) >= 11 is 0. The molecule has 1 heterocycles. The number of aromatic nitrogens is 2. The molecule has 4 heteroatoms. The topological polar surface area (TPSA) is 58.3 Å². The van der Waals surface area contributed by atoms with Crippen LogP contribution in [0.25, 0.3) is 0 Å². The number of hydrogen-bond donors (Lipinski definition) is 2. The van der Waals surface area contributed by atoms with Crippen LogP contribution in [0.4, 0.5) is 0 Å². The summed E-state index contributed by atoms with van der Waals surface area (Å²) in [7, 11) is 0. The minimum atomic E-state index is -1.05. The molecule has 0 saturated carbocycles. The number of hydrogen-bond acceptors (Lipinski definition) is 3. The number of aliphatic hydroxyl groups excluding tert-OH is 1. The minimum absolute atomic E-state index is 0.530. The zero-order valence-electron chi connectivity index (χ0n) is 10.3. The lowest BCUT2D eigenvalue weighted by molar-refractivity contribution is -0.0856. The van der Waals surface area contributed by atoms with Crippen molar-refractivity contribution in [2.24, 2.45) is 0 Å². The summed E-state index contributed by atoms with van der Waals surface area (Å²) in [6.45, 7) is 6.59. The molecule has 0 aliphatic heterocycles. The highest BCUT2D eigenvalue weighted by molar-refractivity contribution is 5.09.